The Bertz CT molecular complexity index is 343. The summed E-state index contributed by atoms with van der Waals surface area (Å²) in [4.78, 5) is 13.1. The predicted molar refractivity (Wildman–Crippen MR) is 63.3 cm³/mol. The normalized spacial score (nSPS) is 17.4. The summed E-state index contributed by atoms with van der Waals surface area (Å²) in [6.45, 7) is 5.12. The number of hydrogen-bond acceptors (Lipinski definition) is 4. The molecular weight excluding hydrogens is 218 g/mol. The van der Waals surface area contributed by atoms with Gasteiger partial charge >= 0.3 is 0 Å². The molecule has 0 spiro atoms. The van der Waals surface area contributed by atoms with E-state index in [0.29, 0.717) is 6.04 Å². The molecule has 17 heavy (non-hydrogen) atoms. The minimum Gasteiger partial charge on any atom is -0.343 e. The lowest BCUT2D eigenvalue weighted by atomic mass is 10.1. The van der Waals surface area contributed by atoms with Crippen LogP contribution in [-0.2, 0) is 11.3 Å². The number of amides is 1. The molecule has 1 aliphatic heterocycles. The highest BCUT2D eigenvalue weighted by Gasteiger charge is 2.19. The van der Waals surface area contributed by atoms with E-state index >= 15 is 0 Å². The van der Waals surface area contributed by atoms with E-state index in [0.717, 1.165) is 39.0 Å². The molecule has 1 amide bonds. The number of likely N-dealkylation sites (tertiary alicyclic amines) is 1. The molecule has 1 aromatic rings. The zero-order valence-corrected chi connectivity index (χ0v) is 10.2. The minimum atomic E-state index is 0.186. The molecule has 6 heteroatoms. The summed E-state index contributed by atoms with van der Waals surface area (Å²) in [7, 11) is 0. The molecule has 2 rings (SSSR count). The number of carbonyl (C=O) groups is 1. The van der Waals surface area contributed by atoms with Gasteiger partial charge in [0.2, 0.25) is 5.91 Å². The second-order valence-corrected chi connectivity index (χ2v) is 4.40. The summed E-state index contributed by atoms with van der Waals surface area (Å²) >= 11 is 0. The minimum absolute atomic E-state index is 0.186. The fourth-order valence-electron chi connectivity index (χ4n) is 2.13. The molecule has 0 aliphatic carbocycles. The maximum Gasteiger partial charge on any atom is 0.219 e. The van der Waals surface area contributed by atoms with Gasteiger partial charge < -0.3 is 10.2 Å². The van der Waals surface area contributed by atoms with Crippen molar-refractivity contribution in [1.82, 2.24) is 25.2 Å². The smallest absolute Gasteiger partial charge is 0.219 e. The molecule has 0 radical (unpaired) electrons. The van der Waals surface area contributed by atoms with Gasteiger partial charge in [0.05, 0.1) is 12.7 Å². The third kappa shape index (κ3) is 3.52. The summed E-state index contributed by atoms with van der Waals surface area (Å²) in [5, 5.41) is 11.2. The van der Waals surface area contributed by atoms with Crippen LogP contribution in [0.2, 0.25) is 0 Å². The Kier molecular flexibility index (Phi) is 4.08. The highest BCUT2D eigenvalue weighted by molar-refractivity contribution is 5.73. The number of aromatic nitrogens is 3. The van der Waals surface area contributed by atoms with Crippen LogP contribution in [0, 0.1) is 0 Å². The Morgan fingerprint density at radius 3 is 2.82 bits per heavy atom. The Labute approximate surface area is 101 Å². The lowest BCUT2D eigenvalue weighted by Gasteiger charge is -2.31. The summed E-state index contributed by atoms with van der Waals surface area (Å²) in [5.74, 6) is 0.186. The van der Waals surface area contributed by atoms with Gasteiger partial charge in [0, 0.05) is 38.8 Å². The number of nitrogens with one attached hydrogen (secondary N) is 1. The van der Waals surface area contributed by atoms with Gasteiger partial charge in [0.1, 0.15) is 0 Å². The van der Waals surface area contributed by atoms with Crippen molar-refractivity contribution in [1.29, 1.82) is 0 Å². The number of rotatable bonds is 4. The molecule has 0 atom stereocenters. The van der Waals surface area contributed by atoms with Crippen molar-refractivity contribution < 1.29 is 4.79 Å². The summed E-state index contributed by atoms with van der Waals surface area (Å²) in [6, 6.07) is 0.522. The topological polar surface area (TPSA) is 63.1 Å². The summed E-state index contributed by atoms with van der Waals surface area (Å²) < 4.78 is 1.82. The van der Waals surface area contributed by atoms with Gasteiger partial charge in [0.15, 0.2) is 0 Å². The predicted octanol–water partition coefficient (Wildman–Crippen LogP) is -0.121. The molecule has 1 saturated heterocycles. The molecule has 1 N–H and O–H groups in total. The van der Waals surface area contributed by atoms with Crippen LogP contribution in [-0.4, -0.2) is 51.5 Å². The van der Waals surface area contributed by atoms with Crippen LogP contribution >= 0.6 is 0 Å². The van der Waals surface area contributed by atoms with Gasteiger partial charge in [-0.1, -0.05) is 5.21 Å². The zero-order chi connectivity index (χ0) is 12.1. The molecule has 1 aromatic heterocycles. The van der Waals surface area contributed by atoms with Crippen LogP contribution in [0.25, 0.3) is 0 Å². The van der Waals surface area contributed by atoms with Crippen molar-refractivity contribution in [2.24, 2.45) is 0 Å². The van der Waals surface area contributed by atoms with Gasteiger partial charge in [-0.05, 0) is 12.8 Å². The first-order valence-electron chi connectivity index (χ1n) is 6.08. The maximum absolute atomic E-state index is 11.2. The molecule has 0 unspecified atom stereocenters. The molecular formula is C11H19N5O. The molecule has 2 heterocycles. The SMILES string of the molecule is CC(=O)N1CCC(NCCn2ccnn2)CC1. The Morgan fingerprint density at radius 1 is 1.47 bits per heavy atom. The van der Waals surface area contributed by atoms with Crippen LogP contribution < -0.4 is 5.32 Å². The van der Waals surface area contributed by atoms with E-state index in [9.17, 15) is 4.79 Å². The van der Waals surface area contributed by atoms with Crippen molar-refractivity contribution in [3.63, 3.8) is 0 Å². The van der Waals surface area contributed by atoms with E-state index in [1.807, 2.05) is 15.8 Å². The first kappa shape index (κ1) is 12.0. The molecule has 1 fully saturated rings. The maximum atomic E-state index is 11.2. The van der Waals surface area contributed by atoms with Crippen molar-refractivity contribution in [2.75, 3.05) is 19.6 Å². The first-order chi connectivity index (χ1) is 8.25. The number of hydrogen-bond donors (Lipinski definition) is 1. The van der Waals surface area contributed by atoms with E-state index in [4.69, 9.17) is 0 Å². The molecule has 6 nitrogen and oxygen atoms in total. The Balaban J connectivity index is 1.63. The van der Waals surface area contributed by atoms with E-state index in [1.165, 1.54) is 0 Å². The van der Waals surface area contributed by atoms with Gasteiger partial charge in [-0.3, -0.25) is 9.48 Å². The highest BCUT2D eigenvalue weighted by Crippen LogP contribution is 2.09. The van der Waals surface area contributed by atoms with Crippen LogP contribution in [0.15, 0.2) is 12.4 Å². The van der Waals surface area contributed by atoms with Gasteiger partial charge in [0.25, 0.3) is 0 Å². The van der Waals surface area contributed by atoms with Crippen LogP contribution in [0.5, 0.6) is 0 Å². The largest absolute Gasteiger partial charge is 0.343 e. The molecule has 0 saturated carbocycles. The highest BCUT2D eigenvalue weighted by atomic mass is 16.2. The number of carbonyl (C=O) groups excluding carboxylic acids is 1. The fraction of sp³-hybridized carbons (Fsp3) is 0.727. The van der Waals surface area contributed by atoms with Gasteiger partial charge in [-0.15, -0.1) is 5.10 Å². The quantitative estimate of drug-likeness (QED) is 0.793. The Hall–Kier alpha value is -1.43. The van der Waals surface area contributed by atoms with Crippen LogP contribution in [0.3, 0.4) is 0 Å². The molecule has 1 aliphatic rings. The van der Waals surface area contributed by atoms with E-state index in [2.05, 4.69) is 15.6 Å². The number of nitrogens with zero attached hydrogens (tertiary/aromatic N) is 4. The Morgan fingerprint density at radius 2 is 2.24 bits per heavy atom. The molecule has 94 valence electrons. The van der Waals surface area contributed by atoms with E-state index in [-0.39, 0.29) is 5.91 Å². The zero-order valence-electron chi connectivity index (χ0n) is 10.2. The lowest BCUT2D eigenvalue weighted by Crippen LogP contribution is -2.44. The second-order valence-electron chi connectivity index (χ2n) is 4.40. The average molecular weight is 237 g/mol. The van der Waals surface area contributed by atoms with Gasteiger partial charge in [-0.2, -0.15) is 0 Å². The van der Waals surface area contributed by atoms with Crippen LogP contribution in [0.1, 0.15) is 19.8 Å². The lowest BCUT2D eigenvalue weighted by molar-refractivity contribution is -0.129. The summed E-state index contributed by atoms with van der Waals surface area (Å²) in [5.41, 5.74) is 0. The number of piperidine rings is 1. The van der Waals surface area contributed by atoms with Crippen molar-refractivity contribution >= 4 is 5.91 Å². The third-order valence-corrected chi connectivity index (χ3v) is 3.19. The summed E-state index contributed by atoms with van der Waals surface area (Å²) in [6.07, 6.45) is 5.62. The van der Waals surface area contributed by atoms with E-state index in [1.54, 1.807) is 13.1 Å². The fourth-order valence-corrected chi connectivity index (χ4v) is 2.13. The second kappa shape index (κ2) is 5.77. The van der Waals surface area contributed by atoms with E-state index < -0.39 is 0 Å². The van der Waals surface area contributed by atoms with Crippen LogP contribution in [0.4, 0.5) is 0 Å². The third-order valence-electron chi connectivity index (χ3n) is 3.19. The average Bonchev–Trinajstić information content (AvgIpc) is 2.83. The molecule has 0 aromatic carbocycles. The molecule has 0 bridgehead atoms. The standard InChI is InChI=1S/C11H19N5O/c1-10(17)15-6-2-11(3-7-15)12-4-8-16-9-5-13-14-16/h5,9,11-12H,2-4,6-8H2,1H3. The monoisotopic (exact) mass is 237 g/mol. The van der Waals surface area contributed by atoms with Gasteiger partial charge in [-0.25, -0.2) is 0 Å². The van der Waals surface area contributed by atoms with Crippen molar-refractivity contribution in [2.45, 2.75) is 32.4 Å². The van der Waals surface area contributed by atoms with Crippen molar-refractivity contribution in [3.8, 4) is 0 Å². The first-order valence-corrected chi connectivity index (χ1v) is 6.08. The van der Waals surface area contributed by atoms with Crippen molar-refractivity contribution in [3.05, 3.63) is 12.4 Å².